The third-order valence-electron chi connectivity index (χ3n) is 4.17. The number of para-hydroxylation sites is 1. The van der Waals surface area contributed by atoms with Crippen LogP contribution in [-0.2, 0) is 11.2 Å². The number of pyridine rings is 1. The van der Waals surface area contributed by atoms with E-state index in [1.807, 2.05) is 43.0 Å². The van der Waals surface area contributed by atoms with Gasteiger partial charge in [0.25, 0.3) is 0 Å². The molecule has 0 saturated carbocycles. The molecule has 122 valence electrons. The Kier molecular flexibility index (Phi) is 4.86. The molecule has 4 nitrogen and oxygen atoms in total. The molecule has 2 aromatic rings. The first-order chi connectivity index (χ1) is 11.6. The molecule has 1 aliphatic heterocycles. The number of benzene rings is 1. The summed E-state index contributed by atoms with van der Waals surface area (Å²) in [5.74, 6) is 0.0969. The number of aromatic nitrogens is 1. The topological polar surface area (TPSA) is 57.0 Å². The van der Waals surface area contributed by atoms with Gasteiger partial charge >= 0.3 is 0 Å². The Bertz CT molecular complexity index is 812. The second kappa shape index (κ2) is 7.06. The molecule has 1 atom stereocenters. The third kappa shape index (κ3) is 3.15. The average Bonchev–Trinajstić information content (AvgIpc) is 3.03. The van der Waals surface area contributed by atoms with Crippen LogP contribution < -0.4 is 4.90 Å². The summed E-state index contributed by atoms with van der Waals surface area (Å²) >= 11 is 1.40. The predicted octanol–water partition coefficient (Wildman–Crippen LogP) is 3.72. The van der Waals surface area contributed by atoms with E-state index < -0.39 is 0 Å². The van der Waals surface area contributed by atoms with Gasteiger partial charge in [-0.1, -0.05) is 36.9 Å². The van der Waals surface area contributed by atoms with E-state index in [0.29, 0.717) is 17.0 Å². The molecule has 1 aromatic heterocycles. The Hall–Kier alpha value is -2.32. The fraction of sp³-hybridized carbons (Fsp3) is 0.316. The van der Waals surface area contributed by atoms with E-state index in [1.54, 1.807) is 6.07 Å². The second-order valence-corrected chi connectivity index (χ2v) is 6.99. The van der Waals surface area contributed by atoms with Crippen molar-refractivity contribution in [2.45, 2.75) is 37.0 Å². The van der Waals surface area contributed by atoms with Gasteiger partial charge in [-0.15, -0.1) is 0 Å². The maximum atomic E-state index is 13.0. The first kappa shape index (κ1) is 16.5. The number of amides is 1. The van der Waals surface area contributed by atoms with E-state index in [9.17, 15) is 10.1 Å². The fourth-order valence-electron chi connectivity index (χ4n) is 2.89. The minimum absolute atomic E-state index is 0.0969. The number of carbonyl (C=O) groups excluding carboxylic acids is 1. The minimum atomic E-state index is -0.238. The summed E-state index contributed by atoms with van der Waals surface area (Å²) in [6.45, 7) is 4.62. The number of anilines is 1. The molecule has 24 heavy (non-hydrogen) atoms. The Labute approximate surface area is 146 Å². The van der Waals surface area contributed by atoms with Crippen LogP contribution in [0.4, 0.5) is 5.69 Å². The zero-order valence-electron chi connectivity index (χ0n) is 13.8. The van der Waals surface area contributed by atoms with Crippen molar-refractivity contribution < 1.29 is 4.79 Å². The fourth-order valence-corrected chi connectivity index (χ4v) is 3.99. The standard InChI is InChI=1S/C19H19N3OS/c1-3-17(24-18-15(12-20)9-8-13(2)21-18)19(23)22-11-10-14-6-4-5-7-16(14)22/h4-9,17H,3,10-11H2,1-2H3. The highest BCUT2D eigenvalue weighted by Crippen LogP contribution is 2.33. The van der Waals surface area contributed by atoms with Crippen molar-refractivity contribution in [3.63, 3.8) is 0 Å². The van der Waals surface area contributed by atoms with Crippen molar-refractivity contribution in [3.8, 4) is 6.07 Å². The molecule has 0 spiro atoms. The summed E-state index contributed by atoms with van der Waals surface area (Å²) in [6, 6.07) is 13.8. The molecule has 1 aliphatic rings. The smallest absolute Gasteiger partial charge is 0.240 e. The van der Waals surface area contributed by atoms with Gasteiger partial charge in [-0.25, -0.2) is 4.98 Å². The third-order valence-corrected chi connectivity index (χ3v) is 5.53. The van der Waals surface area contributed by atoms with Crippen LogP contribution in [0.3, 0.4) is 0 Å². The van der Waals surface area contributed by atoms with Gasteiger partial charge in [-0.05, 0) is 43.5 Å². The van der Waals surface area contributed by atoms with Gasteiger partial charge in [-0.3, -0.25) is 4.79 Å². The molecule has 5 heteroatoms. The molecule has 2 heterocycles. The highest BCUT2D eigenvalue weighted by atomic mass is 32.2. The molecule has 0 aliphatic carbocycles. The van der Waals surface area contributed by atoms with Gasteiger partial charge in [-0.2, -0.15) is 5.26 Å². The summed E-state index contributed by atoms with van der Waals surface area (Å²) in [5, 5.41) is 9.68. The molecule has 0 fully saturated rings. The summed E-state index contributed by atoms with van der Waals surface area (Å²) in [6.07, 6.45) is 1.60. The van der Waals surface area contributed by atoms with E-state index in [0.717, 1.165) is 24.3 Å². The van der Waals surface area contributed by atoms with Gasteiger partial charge < -0.3 is 4.90 Å². The summed E-state index contributed by atoms with van der Waals surface area (Å²) in [7, 11) is 0. The van der Waals surface area contributed by atoms with Crippen LogP contribution in [0.2, 0.25) is 0 Å². The number of nitrogens with zero attached hydrogens (tertiary/aromatic N) is 3. The largest absolute Gasteiger partial charge is 0.311 e. The Morgan fingerprint density at radius 3 is 2.92 bits per heavy atom. The molecular weight excluding hydrogens is 318 g/mol. The van der Waals surface area contributed by atoms with Crippen LogP contribution in [0.25, 0.3) is 0 Å². The van der Waals surface area contributed by atoms with Crippen LogP contribution in [0.15, 0.2) is 41.4 Å². The molecular formula is C19H19N3OS. The zero-order chi connectivity index (χ0) is 17.1. The Balaban J connectivity index is 1.84. The van der Waals surface area contributed by atoms with Gasteiger partial charge in [0.05, 0.1) is 10.8 Å². The van der Waals surface area contributed by atoms with Crippen molar-refractivity contribution in [2.24, 2.45) is 0 Å². The molecule has 0 N–H and O–H groups in total. The van der Waals surface area contributed by atoms with Crippen LogP contribution in [-0.4, -0.2) is 22.7 Å². The number of nitriles is 1. The number of fused-ring (bicyclic) bond motifs is 1. The summed E-state index contributed by atoms with van der Waals surface area (Å²) in [4.78, 5) is 19.4. The van der Waals surface area contributed by atoms with Crippen molar-refractivity contribution in [2.75, 3.05) is 11.4 Å². The average molecular weight is 337 g/mol. The van der Waals surface area contributed by atoms with Crippen LogP contribution in [0.5, 0.6) is 0 Å². The van der Waals surface area contributed by atoms with Gasteiger partial charge in [0.2, 0.25) is 5.91 Å². The maximum Gasteiger partial charge on any atom is 0.240 e. The van der Waals surface area contributed by atoms with Crippen molar-refractivity contribution in [3.05, 3.63) is 53.2 Å². The van der Waals surface area contributed by atoms with Gasteiger partial charge in [0, 0.05) is 17.9 Å². The molecule has 1 amide bonds. The highest BCUT2D eigenvalue weighted by molar-refractivity contribution is 8.00. The predicted molar refractivity (Wildman–Crippen MR) is 96.1 cm³/mol. The monoisotopic (exact) mass is 337 g/mol. The molecule has 0 saturated heterocycles. The van der Waals surface area contributed by atoms with E-state index in [1.165, 1.54) is 17.3 Å². The van der Waals surface area contributed by atoms with Crippen molar-refractivity contribution >= 4 is 23.4 Å². The molecule has 1 unspecified atom stereocenters. The first-order valence-electron chi connectivity index (χ1n) is 8.07. The van der Waals surface area contributed by atoms with Crippen LogP contribution in [0.1, 0.15) is 30.2 Å². The lowest BCUT2D eigenvalue weighted by atomic mass is 10.2. The van der Waals surface area contributed by atoms with Gasteiger partial charge in [0.1, 0.15) is 11.1 Å². The van der Waals surface area contributed by atoms with Crippen LogP contribution >= 0.6 is 11.8 Å². The minimum Gasteiger partial charge on any atom is -0.311 e. The molecule has 3 rings (SSSR count). The quantitative estimate of drug-likeness (QED) is 0.798. The molecule has 1 aromatic carbocycles. The number of hydrogen-bond acceptors (Lipinski definition) is 4. The normalized spacial score (nSPS) is 14.1. The SMILES string of the molecule is CCC(Sc1nc(C)ccc1C#N)C(=O)N1CCc2ccccc21. The lowest BCUT2D eigenvalue weighted by Crippen LogP contribution is -2.36. The van der Waals surface area contributed by atoms with Gasteiger partial charge in [0.15, 0.2) is 0 Å². The number of rotatable bonds is 4. The number of aryl methyl sites for hydroxylation is 1. The van der Waals surface area contributed by atoms with E-state index in [4.69, 9.17) is 0 Å². The van der Waals surface area contributed by atoms with Crippen molar-refractivity contribution in [1.29, 1.82) is 5.26 Å². The molecule has 0 radical (unpaired) electrons. The van der Waals surface area contributed by atoms with Crippen LogP contribution in [0, 0.1) is 18.3 Å². The Morgan fingerprint density at radius 2 is 2.17 bits per heavy atom. The van der Waals surface area contributed by atoms with E-state index >= 15 is 0 Å². The second-order valence-electron chi connectivity index (χ2n) is 5.80. The molecule has 0 bridgehead atoms. The van der Waals surface area contributed by atoms with Crippen molar-refractivity contribution in [1.82, 2.24) is 4.98 Å². The zero-order valence-corrected chi connectivity index (χ0v) is 14.6. The number of thioether (sulfide) groups is 1. The first-order valence-corrected chi connectivity index (χ1v) is 8.95. The summed E-state index contributed by atoms with van der Waals surface area (Å²) < 4.78 is 0. The lowest BCUT2D eigenvalue weighted by Gasteiger charge is -2.23. The number of carbonyl (C=O) groups is 1. The maximum absolute atomic E-state index is 13.0. The van der Waals surface area contributed by atoms with E-state index in [-0.39, 0.29) is 11.2 Å². The summed E-state index contributed by atoms with van der Waals surface area (Å²) in [5.41, 5.74) is 3.61. The van der Waals surface area contributed by atoms with E-state index in [2.05, 4.69) is 17.1 Å². The lowest BCUT2D eigenvalue weighted by molar-refractivity contribution is -0.118. The highest BCUT2D eigenvalue weighted by Gasteiger charge is 2.30. The number of hydrogen-bond donors (Lipinski definition) is 0. The Morgan fingerprint density at radius 1 is 1.38 bits per heavy atom.